The van der Waals surface area contributed by atoms with E-state index in [1.54, 1.807) is 4.68 Å². The number of nitrogens with zero attached hydrogens (tertiary/aromatic N) is 2. The summed E-state index contributed by atoms with van der Waals surface area (Å²) in [4.78, 5) is 0. The normalized spacial score (nSPS) is 35.7. The standard InChI is InChI=1S/C8H13N3/c1-6-3-8(6,9)7-4-10-11(2)5-7/h4-6H,3,9H2,1-2H3/t6-,8+/m1/s1. The summed E-state index contributed by atoms with van der Waals surface area (Å²) < 4.78 is 1.80. The molecule has 3 heteroatoms. The lowest BCUT2D eigenvalue weighted by atomic mass is 10.1. The van der Waals surface area contributed by atoms with Gasteiger partial charge >= 0.3 is 0 Å². The Labute approximate surface area is 66.2 Å². The molecule has 0 radical (unpaired) electrons. The lowest BCUT2D eigenvalue weighted by Crippen LogP contribution is -2.20. The van der Waals surface area contributed by atoms with Crippen molar-refractivity contribution in [3.05, 3.63) is 18.0 Å². The average Bonchev–Trinajstić information content (AvgIpc) is 2.44. The number of hydrogen-bond acceptors (Lipinski definition) is 2. The zero-order valence-corrected chi connectivity index (χ0v) is 6.91. The maximum Gasteiger partial charge on any atom is 0.0540 e. The first-order valence-electron chi connectivity index (χ1n) is 3.91. The van der Waals surface area contributed by atoms with E-state index in [0.29, 0.717) is 5.92 Å². The van der Waals surface area contributed by atoms with Crippen molar-refractivity contribution in [3.8, 4) is 0 Å². The van der Waals surface area contributed by atoms with E-state index in [-0.39, 0.29) is 5.54 Å². The molecule has 0 spiro atoms. The van der Waals surface area contributed by atoms with Crippen molar-refractivity contribution in [3.63, 3.8) is 0 Å². The average molecular weight is 151 g/mol. The van der Waals surface area contributed by atoms with Crippen LogP contribution in [0.25, 0.3) is 0 Å². The summed E-state index contributed by atoms with van der Waals surface area (Å²) in [6, 6.07) is 0. The maximum atomic E-state index is 6.07. The summed E-state index contributed by atoms with van der Waals surface area (Å²) in [6.45, 7) is 2.17. The molecule has 0 saturated heterocycles. The van der Waals surface area contributed by atoms with Crippen LogP contribution in [0.4, 0.5) is 0 Å². The van der Waals surface area contributed by atoms with Gasteiger partial charge in [0.25, 0.3) is 0 Å². The summed E-state index contributed by atoms with van der Waals surface area (Å²) in [7, 11) is 1.92. The first kappa shape index (κ1) is 6.85. The molecule has 1 heterocycles. The van der Waals surface area contributed by atoms with Crippen LogP contribution in [0.3, 0.4) is 0 Å². The third-order valence-corrected chi connectivity index (χ3v) is 2.61. The highest BCUT2D eigenvalue weighted by molar-refractivity contribution is 5.26. The van der Waals surface area contributed by atoms with Gasteiger partial charge in [-0.1, -0.05) is 6.92 Å². The monoisotopic (exact) mass is 151 g/mol. The zero-order valence-electron chi connectivity index (χ0n) is 6.91. The number of hydrogen-bond donors (Lipinski definition) is 1. The van der Waals surface area contributed by atoms with Crippen LogP contribution in [0.1, 0.15) is 18.9 Å². The highest BCUT2D eigenvalue weighted by atomic mass is 15.2. The van der Waals surface area contributed by atoms with E-state index in [2.05, 4.69) is 12.0 Å². The van der Waals surface area contributed by atoms with Crippen molar-refractivity contribution < 1.29 is 0 Å². The molecule has 3 nitrogen and oxygen atoms in total. The molecule has 2 atom stereocenters. The van der Waals surface area contributed by atoms with Gasteiger partial charge in [0.1, 0.15) is 0 Å². The molecule has 0 unspecified atom stereocenters. The van der Waals surface area contributed by atoms with Gasteiger partial charge in [-0.2, -0.15) is 5.10 Å². The predicted octanol–water partition coefficient (Wildman–Crippen LogP) is 0.614. The van der Waals surface area contributed by atoms with E-state index < -0.39 is 0 Å². The predicted molar refractivity (Wildman–Crippen MR) is 42.9 cm³/mol. The van der Waals surface area contributed by atoms with Crippen LogP contribution in [0.5, 0.6) is 0 Å². The molecule has 1 aliphatic carbocycles. The molecule has 2 rings (SSSR count). The Morgan fingerprint density at radius 1 is 1.82 bits per heavy atom. The van der Waals surface area contributed by atoms with Gasteiger partial charge in [-0.15, -0.1) is 0 Å². The lowest BCUT2D eigenvalue weighted by molar-refractivity contribution is 0.663. The molecule has 0 amide bonds. The number of aryl methyl sites for hydroxylation is 1. The van der Waals surface area contributed by atoms with Gasteiger partial charge in [-0.05, 0) is 12.3 Å². The first-order valence-corrected chi connectivity index (χ1v) is 3.91. The molecular weight excluding hydrogens is 138 g/mol. The van der Waals surface area contributed by atoms with Crippen molar-refractivity contribution in [1.82, 2.24) is 9.78 Å². The summed E-state index contributed by atoms with van der Waals surface area (Å²) in [5.74, 6) is 0.617. The molecule has 1 fully saturated rings. The highest BCUT2D eigenvalue weighted by Gasteiger charge is 2.49. The largest absolute Gasteiger partial charge is 0.321 e. The Hall–Kier alpha value is -0.830. The fraction of sp³-hybridized carbons (Fsp3) is 0.625. The Morgan fingerprint density at radius 3 is 2.82 bits per heavy atom. The maximum absolute atomic E-state index is 6.07. The highest BCUT2D eigenvalue weighted by Crippen LogP contribution is 2.48. The minimum absolute atomic E-state index is 0.0612. The van der Waals surface area contributed by atoms with Gasteiger partial charge in [-0.25, -0.2) is 0 Å². The van der Waals surface area contributed by atoms with Gasteiger partial charge in [0.15, 0.2) is 0 Å². The molecule has 0 aliphatic heterocycles. The van der Waals surface area contributed by atoms with Crippen LogP contribution in [0.2, 0.25) is 0 Å². The molecule has 1 aliphatic rings. The SMILES string of the molecule is C[C@@H]1C[C@@]1(N)c1cnn(C)c1. The molecule has 1 aromatic rings. The summed E-state index contributed by atoms with van der Waals surface area (Å²) in [5, 5.41) is 4.09. The van der Waals surface area contributed by atoms with Crippen LogP contribution in [-0.4, -0.2) is 9.78 Å². The van der Waals surface area contributed by atoms with Gasteiger partial charge in [0.2, 0.25) is 0 Å². The second-order valence-corrected chi connectivity index (χ2v) is 3.55. The molecule has 1 saturated carbocycles. The minimum Gasteiger partial charge on any atom is -0.321 e. The fourth-order valence-electron chi connectivity index (χ4n) is 1.51. The van der Waals surface area contributed by atoms with Gasteiger partial charge in [-0.3, -0.25) is 4.68 Å². The Bertz CT molecular complexity index is 279. The fourth-order valence-corrected chi connectivity index (χ4v) is 1.51. The van der Waals surface area contributed by atoms with Crippen molar-refractivity contribution in [2.45, 2.75) is 18.9 Å². The smallest absolute Gasteiger partial charge is 0.0540 e. The minimum atomic E-state index is -0.0612. The molecule has 0 bridgehead atoms. The first-order chi connectivity index (χ1) is 5.13. The number of rotatable bonds is 1. The van der Waals surface area contributed by atoms with Crippen LogP contribution < -0.4 is 5.73 Å². The Balaban J connectivity index is 2.31. The van der Waals surface area contributed by atoms with Gasteiger partial charge < -0.3 is 5.73 Å². The summed E-state index contributed by atoms with van der Waals surface area (Å²) in [5.41, 5.74) is 7.18. The van der Waals surface area contributed by atoms with Gasteiger partial charge in [0.05, 0.1) is 6.20 Å². The molecule has 11 heavy (non-hydrogen) atoms. The van der Waals surface area contributed by atoms with E-state index in [1.165, 1.54) is 5.56 Å². The third-order valence-electron chi connectivity index (χ3n) is 2.61. The van der Waals surface area contributed by atoms with Crippen molar-refractivity contribution in [2.24, 2.45) is 18.7 Å². The number of nitrogens with two attached hydrogens (primary N) is 1. The van der Waals surface area contributed by atoms with Crippen LogP contribution in [0, 0.1) is 5.92 Å². The molecule has 1 aromatic heterocycles. The molecule has 2 N–H and O–H groups in total. The second-order valence-electron chi connectivity index (χ2n) is 3.55. The summed E-state index contributed by atoms with van der Waals surface area (Å²) in [6.07, 6.45) is 4.96. The van der Waals surface area contributed by atoms with Gasteiger partial charge in [0, 0.05) is 24.3 Å². The second kappa shape index (κ2) is 1.85. The Morgan fingerprint density at radius 2 is 2.45 bits per heavy atom. The lowest BCUT2D eigenvalue weighted by Gasteiger charge is -2.04. The van der Waals surface area contributed by atoms with Crippen molar-refractivity contribution in [2.75, 3.05) is 0 Å². The van der Waals surface area contributed by atoms with E-state index in [4.69, 9.17) is 5.73 Å². The van der Waals surface area contributed by atoms with E-state index in [1.807, 2.05) is 19.4 Å². The van der Waals surface area contributed by atoms with E-state index in [9.17, 15) is 0 Å². The Kier molecular flexibility index (Phi) is 1.16. The molecular formula is C8H13N3. The quantitative estimate of drug-likeness (QED) is 0.639. The van der Waals surface area contributed by atoms with E-state index >= 15 is 0 Å². The van der Waals surface area contributed by atoms with Crippen LogP contribution in [0.15, 0.2) is 12.4 Å². The topological polar surface area (TPSA) is 43.8 Å². The number of aromatic nitrogens is 2. The zero-order chi connectivity index (χ0) is 8.06. The van der Waals surface area contributed by atoms with Crippen LogP contribution >= 0.6 is 0 Å². The summed E-state index contributed by atoms with van der Waals surface area (Å²) >= 11 is 0. The van der Waals surface area contributed by atoms with E-state index in [0.717, 1.165) is 6.42 Å². The molecule has 0 aromatic carbocycles. The van der Waals surface area contributed by atoms with Crippen LogP contribution in [-0.2, 0) is 12.6 Å². The van der Waals surface area contributed by atoms with Crippen molar-refractivity contribution >= 4 is 0 Å². The van der Waals surface area contributed by atoms with Crippen molar-refractivity contribution in [1.29, 1.82) is 0 Å². The third kappa shape index (κ3) is 0.878. The molecule has 60 valence electrons.